The first kappa shape index (κ1) is 16.7. The number of pyridine rings is 1. The van der Waals surface area contributed by atoms with Crippen molar-refractivity contribution in [3.05, 3.63) is 46.3 Å². The Balaban J connectivity index is 1.46. The number of halogens is 1. The van der Waals surface area contributed by atoms with E-state index in [1.165, 1.54) is 5.39 Å². The Morgan fingerprint density at radius 2 is 1.96 bits per heavy atom. The van der Waals surface area contributed by atoms with Crippen molar-refractivity contribution < 1.29 is 0 Å². The van der Waals surface area contributed by atoms with E-state index in [9.17, 15) is 0 Å². The molecule has 7 heteroatoms. The van der Waals surface area contributed by atoms with Crippen molar-refractivity contribution >= 4 is 39.0 Å². The quantitative estimate of drug-likeness (QED) is 0.698. The molecular formula is C18H20ClN5S. The largest absolute Gasteiger partial charge is 0.353 e. The maximum absolute atomic E-state index is 5.91. The molecule has 0 radical (unpaired) electrons. The van der Waals surface area contributed by atoms with E-state index < -0.39 is 0 Å². The third-order valence-electron chi connectivity index (χ3n) is 4.51. The highest BCUT2D eigenvalue weighted by molar-refractivity contribution is 7.16. The van der Waals surface area contributed by atoms with Crippen LogP contribution in [0.2, 0.25) is 5.02 Å². The van der Waals surface area contributed by atoms with Crippen LogP contribution in [0.5, 0.6) is 0 Å². The van der Waals surface area contributed by atoms with Crippen molar-refractivity contribution in [2.45, 2.75) is 19.9 Å². The Bertz CT molecular complexity index is 856. The highest BCUT2D eigenvalue weighted by atomic mass is 35.5. The molecule has 1 saturated heterocycles. The van der Waals surface area contributed by atoms with Gasteiger partial charge in [-0.3, -0.25) is 9.88 Å². The minimum absolute atomic E-state index is 0.684. The lowest BCUT2D eigenvalue weighted by Gasteiger charge is -2.35. The summed E-state index contributed by atoms with van der Waals surface area (Å²) in [6.07, 6.45) is 2.58. The molecular weight excluding hydrogens is 354 g/mol. The third-order valence-corrected chi connectivity index (χ3v) is 5.54. The van der Waals surface area contributed by atoms with Crippen LogP contribution in [0.4, 0.5) is 5.82 Å². The number of piperazine rings is 1. The lowest BCUT2D eigenvalue weighted by molar-refractivity contribution is 0.246. The van der Waals surface area contributed by atoms with Gasteiger partial charge in [-0.25, -0.2) is 9.97 Å². The van der Waals surface area contributed by atoms with Crippen LogP contribution in [0, 0.1) is 0 Å². The Kier molecular flexibility index (Phi) is 4.83. The molecule has 0 unspecified atom stereocenters. The zero-order valence-electron chi connectivity index (χ0n) is 14.2. The summed E-state index contributed by atoms with van der Waals surface area (Å²) in [6.45, 7) is 6.92. The van der Waals surface area contributed by atoms with Crippen molar-refractivity contribution in [2.24, 2.45) is 0 Å². The number of fused-ring (bicyclic) bond motifs is 1. The molecule has 0 aromatic carbocycles. The highest BCUT2D eigenvalue weighted by Crippen LogP contribution is 2.28. The van der Waals surface area contributed by atoms with Crippen LogP contribution in [-0.2, 0) is 13.0 Å². The summed E-state index contributed by atoms with van der Waals surface area (Å²) in [5.41, 5.74) is 1.06. The maximum Gasteiger partial charge on any atom is 0.141 e. The SMILES string of the molecule is CCc1nc(N2CCN(Cc3ccc(Cl)cn3)CC2)c2ccsc2n1. The molecule has 1 aliphatic heterocycles. The third kappa shape index (κ3) is 3.61. The van der Waals surface area contributed by atoms with E-state index in [2.05, 4.69) is 38.1 Å². The predicted octanol–water partition coefficient (Wildman–Crippen LogP) is 3.62. The zero-order valence-corrected chi connectivity index (χ0v) is 15.7. The number of rotatable bonds is 4. The molecule has 0 saturated carbocycles. The van der Waals surface area contributed by atoms with Crippen LogP contribution in [0.3, 0.4) is 0 Å². The Hall–Kier alpha value is -1.76. The Morgan fingerprint density at radius 3 is 2.68 bits per heavy atom. The lowest BCUT2D eigenvalue weighted by Crippen LogP contribution is -2.46. The molecule has 0 aliphatic carbocycles. The van der Waals surface area contributed by atoms with Gasteiger partial charge >= 0.3 is 0 Å². The van der Waals surface area contributed by atoms with Crippen LogP contribution in [0.15, 0.2) is 29.8 Å². The molecule has 4 rings (SSSR count). The lowest BCUT2D eigenvalue weighted by atomic mass is 10.2. The van der Waals surface area contributed by atoms with Gasteiger partial charge in [0.05, 0.1) is 16.1 Å². The molecule has 0 spiro atoms. The molecule has 0 atom stereocenters. The van der Waals surface area contributed by atoms with E-state index in [0.717, 1.165) is 61.3 Å². The zero-order chi connectivity index (χ0) is 17.2. The van der Waals surface area contributed by atoms with Crippen molar-refractivity contribution in [3.63, 3.8) is 0 Å². The second kappa shape index (κ2) is 7.23. The molecule has 4 heterocycles. The molecule has 3 aromatic rings. The van der Waals surface area contributed by atoms with E-state index in [0.29, 0.717) is 5.02 Å². The van der Waals surface area contributed by atoms with Crippen LogP contribution < -0.4 is 4.90 Å². The first-order valence-corrected chi connectivity index (χ1v) is 9.80. The number of hydrogen-bond acceptors (Lipinski definition) is 6. The fraction of sp³-hybridized carbons (Fsp3) is 0.389. The first-order chi connectivity index (χ1) is 12.2. The number of anilines is 1. The summed E-state index contributed by atoms with van der Waals surface area (Å²) < 4.78 is 0. The summed E-state index contributed by atoms with van der Waals surface area (Å²) in [6, 6.07) is 6.04. The van der Waals surface area contributed by atoms with Crippen LogP contribution >= 0.6 is 22.9 Å². The number of nitrogens with zero attached hydrogens (tertiary/aromatic N) is 5. The van der Waals surface area contributed by atoms with E-state index in [-0.39, 0.29) is 0 Å². The summed E-state index contributed by atoms with van der Waals surface area (Å²) in [5, 5.41) is 3.96. The van der Waals surface area contributed by atoms with Crippen LogP contribution in [0.1, 0.15) is 18.4 Å². The average Bonchev–Trinajstić information content (AvgIpc) is 3.12. The van der Waals surface area contributed by atoms with Gasteiger partial charge in [-0.2, -0.15) is 0 Å². The first-order valence-electron chi connectivity index (χ1n) is 8.55. The summed E-state index contributed by atoms with van der Waals surface area (Å²) in [4.78, 5) is 19.8. The van der Waals surface area contributed by atoms with Gasteiger partial charge in [0.25, 0.3) is 0 Å². The van der Waals surface area contributed by atoms with Crippen LogP contribution in [-0.4, -0.2) is 46.0 Å². The van der Waals surface area contributed by atoms with Gasteiger partial charge in [-0.15, -0.1) is 11.3 Å². The van der Waals surface area contributed by atoms with Crippen molar-refractivity contribution in [1.29, 1.82) is 0 Å². The van der Waals surface area contributed by atoms with Gasteiger partial charge in [-0.05, 0) is 23.6 Å². The number of aryl methyl sites for hydroxylation is 1. The molecule has 130 valence electrons. The van der Waals surface area contributed by atoms with Gasteiger partial charge in [0.15, 0.2) is 0 Å². The topological polar surface area (TPSA) is 45.2 Å². The minimum atomic E-state index is 0.684. The van der Waals surface area contributed by atoms with E-state index in [4.69, 9.17) is 16.6 Å². The van der Waals surface area contributed by atoms with Gasteiger partial charge in [0.1, 0.15) is 16.5 Å². The molecule has 0 amide bonds. The van der Waals surface area contributed by atoms with Crippen LogP contribution in [0.25, 0.3) is 10.2 Å². The van der Waals surface area contributed by atoms with Gasteiger partial charge in [-0.1, -0.05) is 18.5 Å². The Morgan fingerprint density at radius 1 is 1.12 bits per heavy atom. The molecule has 5 nitrogen and oxygen atoms in total. The minimum Gasteiger partial charge on any atom is -0.353 e. The summed E-state index contributed by atoms with van der Waals surface area (Å²) in [7, 11) is 0. The van der Waals surface area contributed by atoms with E-state index >= 15 is 0 Å². The fourth-order valence-electron chi connectivity index (χ4n) is 3.13. The van der Waals surface area contributed by atoms with Gasteiger partial charge < -0.3 is 4.90 Å². The smallest absolute Gasteiger partial charge is 0.141 e. The molecule has 0 N–H and O–H groups in total. The number of thiophene rings is 1. The molecule has 1 fully saturated rings. The van der Waals surface area contributed by atoms with Gasteiger partial charge in [0, 0.05) is 45.3 Å². The second-order valence-electron chi connectivity index (χ2n) is 6.19. The standard InChI is InChI=1S/C18H20ClN5S/c1-2-16-21-17(15-5-10-25-18(15)22-16)24-8-6-23(7-9-24)12-14-4-3-13(19)11-20-14/h3-5,10-11H,2,6-9,12H2,1H3. The predicted molar refractivity (Wildman–Crippen MR) is 104 cm³/mol. The average molecular weight is 374 g/mol. The Labute approximate surface area is 156 Å². The molecule has 1 aliphatic rings. The van der Waals surface area contributed by atoms with Crippen molar-refractivity contribution in [3.8, 4) is 0 Å². The van der Waals surface area contributed by atoms with E-state index in [1.54, 1.807) is 17.5 Å². The molecule has 0 bridgehead atoms. The molecule has 3 aromatic heterocycles. The summed E-state index contributed by atoms with van der Waals surface area (Å²) >= 11 is 7.60. The maximum atomic E-state index is 5.91. The van der Waals surface area contributed by atoms with E-state index in [1.807, 2.05) is 12.1 Å². The highest BCUT2D eigenvalue weighted by Gasteiger charge is 2.21. The number of hydrogen-bond donors (Lipinski definition) is 0. The van der Waals surface area contributed by atoms with Crippen molar-refractivity contribution in [2.75, 3.05) is 31.1 Å². The normalized spacial score (nSPS) is 15.8. The fourth-order valence-corrected chi connectivity index (χ4v) is 4.02. The second-order valence-corrected chi connectivity index (χ2v) is 7.52. The van der Waals surface area contributed by atoms with Gasteiger partial charge in [0.2, 0.25) is 0 Å². The summed E-state index contributed by atoms with van der Waals surface area (Å²) in [5.74, 6) is 2.02. The van der Waals surface area contributed by atoms with Crippen molar-refractivity contribution in [1.82, 2.24) is 19.9 Å². The monoisotopic (exact) mass is 373 g/mol. The number of aromatic nitrogens is 3. The molecule has 25 heavy (non-hydrogen) atoms.